The minimum atomic E-state index is -0.155. The molecule has 2 fully saturated rings. The molecule has 0 N–H and O–H groups in total. The average Bonchev–Trinajstić information content (AvgIpc) is 3.07. The third-order valence-electron chi connectivity index (χ3n) is 5.22. The van der Waals surface area contributed by atoms with Crippen LogP contribution in [0.4, 0.5) is 0 Å². The maximum Gasteiger partial charge on any atom is 0.233 e. The molecule has 1 aromatic carbocycles. The number of fused-ring (bicyclic) bond motifs is 4. The first kappa shape index (κ1) is 10.6. The largest absolute Gasteiger partial charge is 0.335 e. The highest BCUT2D eigenvalue weighted by Gasteiger charge is 2.52. The van der Waals surface area contributed by atoms with Gasteiger partial charge in [-0.15, -0.1) is 0 Å². The molecule has 2 heterocycles. The third-order valence-corrected chi connectivity index (χ3v) is 5.22. The molecule has 1 unspecified atom stereocenters. The van der Waals surface area contributed by atoms with Gasteiger partial charge in [0.1, 0.15) is 0 Å². The van der Waals surface area contributed by atoms with Crippen molar-refractivity contribution in [2.45, 2.75) is 50.0 Å². The summed E-state index contributed by atoms with van der Waals surface area (Å²) in [5.74, 6) is 0.432. The quantitative estimate of drug-likeness (QED) is 0.683. The van der Waals surface area contributed by atoms with Gasteiger partial charge in [0.25, 0.3) is 0 Å². The first-order valence-corrected chi connectivity index (χ1v) is 7.23. The molecule has 3 aliphatic rings. The van der Waals surface area contributed by atoms with Crippen LogP contribution in [0.2, 0.25) is 0 Å². The van der Waals surface area contributed by atoms with Crippen LogP contribution in [-0.4, -0.2) is 17.4 Å². The molecule has 2 nitrogen and oxygen atoms in total. The van der Waals surface area contributed by atoms with Gasteiger partial charge in [0, 0.05) is 6.54 Å². The fraction of sp³-hybridized carbons (Fsp3) is 0.562. The third kappa shape index (κ3) is 1.16. The number of benzene rings is 1. The van der Waals surface area contributed by atoms with Crippen molar-refractivity contribution in [3.8, 4) is 0 Å². The van der Waals surface area contributed by atoms with Gasteiger partial charge in [-0.25, -0.2) is 0 Å². The van der Waals surface area contributed by atoms with Crippen LogP contribution >= 0.6 is 0 Å². The van der Waals surface area contributed by atoms with Gasteiger partial charge in [0.2, 0.25) is 5.91 Å². The lowest BCUT2D eigenvalue weighted by Gasteiger charge is -2.43. The molecular formula is C16H19NO. The van der Waals surface area contributed by atoms with Gasteiger partial charge in [-0.05, 0) is 36.8 Å². The Hall–Kier alpha value is -1.31. The summed E-state index contributed by atoms with van der Waals surface area (Å²) in [6.45, 7) is 0.972. The zero-order chi connectivity index (χ0) is 12.2. The standard InChI is InChI=1S/C16H19NO/c18-15-16(9-3-4-10-16)13-7-2-1-6-12(13)14-8-5-11-17(14)15/h1-2,6-7,14H,3-5,8-11H2. The summed E-state index contributed by atoms with van der Waals surface area (Å²) in [5, 5.41) is 0. The Bertz CT molecular complexity index is 502. The van der Waals surface area contributed by atoms with Crippen LogP contribution in [0.15, 0.2) is 24.3 Å². The highest BCUT2D eigenvalue weighted by molar-refractivity contribution is 5.91. The van der Waals surface area contributed by atoms with E-state index in [-0.39, 0.29) is 5.41 Å². The fourth-order valence-electron chi connectivity index (χ4n) is 4.41. The van der Waals surface area contributed by atoms with Gasteiger partial charge < -0.3 is 4.90 Å². The predicted octanol–water partition coefficient (Wildman–Crippen LogP) is 3.18. The van der Waals surface area contributed by atoms with Crippen LogP contribution in [0.25, 0.3) is 0 Å². The summed E-state index contributed by atoms with van der Waals surface area (Å²) in [6.07, 6.45) is 6.86. The van der Waals surface area contributed by atoms with E-state index in [2.05, 4.69) is 29.2 Å². The zero-order valence-electron chi connectivity index (χ0n) is 10.7. The average molecular weight is 241 g/mol. The molecule has 1 amide bonds. The number of nitrogens with zero attached hydrogens (tertiary/aromatic N) is 1. The summed E-state index contributed by atoms with van der Waals surface area (Å²) < 4.78 is 0. The van der Waals surface area contributed by atoms with E-state index >= 15 is 0 Å². The van der Waals surface area contributed by atoms with Gasteiger partial charge in [-0.3, -0.25) is 4.79 Å². The summed E-state index contributed by atoms with van der Waals surface area (Å²) in [6, 6.07) is 9.09. The van der Waals surface area contributed by atoms with Gasteiger partial charge in [0.15, 0.2) is 0 Å². The molecule has 1 spiro atoms. The lowest BCUT2D eigenvalue weighted by Crippen LogP contribution is -2.49. The van der Waals surface area contributed by atoms with Crippen LogP contribution in [0.5, 0.6) is 0 Å². The van der Waals surface area contributed by atoms with Gasteiger partial charge in [0.05, 0.1) is 11.5 Å². The molecule has 4 rings (SSSR count). The summed E-state index contributed by atoms with van der Waals surface area (Å²) >= 11 is 0. The van der Waals surface area contributed by atoms with Gasteiger partial charge in [-0.1, -0.05) is 37.1 Å². The second-order valence-corrected chi connectivity index (χ2v) is 6.03. The molecule has 0 bridgehead atoms. The van der Waals surface area contributed by atoms with E-state index in [0.717, 1.165) is 25.8 Å². The van der Waals surface area contributed by atoms with Gasteiger partial charge in [-0.2, -0.15) is 0 Å². The van der Waals surface area contributed by atoms with E-state index in [1.165, 1.54) is 30.4 Å². The van der Waals surface area contributed by atoms with Crippen LogP contribution in [0.1, 0.15) is 55.7 Å². The smallest absolute Gasteiger partial charge is 0.233 e. The van der Waals surface area contributed by atoms with E-state index in [4.69, 9.17) is 0 Å². The number of carbonyl (C=O) groups is 1. The van der Waals surface area contributed by atoms with E-state index < -0.39 is 0 Å². The fourth-order valence-corrected chi connectivity index (χ4v) is 4.41. The van der Waals surface area contributed by atoms with Crippen LogP contribution < -0.4 is 0 Å². The van der Waals surface area contributed by atoms with Crippen molar-refractivity contribution in [3.05, 3.63) is 35.4 Å². The Labute approximate surface area is 108 Å². The number of hydrogen-bond acceptors (Lipinski definition) is 1. The number of amides is 1. The summed E-state index contributed by atoms with van der Waals surface area (Å²) in [7, 11) is 0. The summed E-state index contributed by atoms with van der Waals surface area (Å²) in [4.78, 5) is 15.1. The molecular weight excluding hydrogens is 222 g/mol. The zero-order valence-corrected chi connectivity index (χ0v) is 10.7. The molecule has 2 aliphatic heterocycles. The Morgan fingerprint density at radius 1 is 1.11 bits per heavy atom. The van der Waals surface area contributed by atoms with Crippen molar-refractivity contribution in [2.75, 3.05) is 6.54 Å². The number of hydrogen-bond donors (Lipinski definition) is 0. The van der Waals surface area contributed by atoms with Crippen molar-refractivity contribution in [1.82, 2.24) is 4.90 Å². The Kier molecular flexibility index (Phi) is 2.12. The molecule has 1 aliphatic carbocycles. The first-order chi connectivity index (χ1) is 8.83. The number of carbonyl (C=O) groups excluding carboxylic acids is 1. The Balaban J connectivity index is 1.95. The van der Waals surface area contributed by atoms with E-state index in [1.807, 2.05) is 0 Å². The molecule has 18 heavy (non-hydrogen) atoms. The minimum Gasteiger partial charge on any atom is -0.335 e. The molecule has 94 valence electrons. The molecule has 1 aromatic rings. The van der Waals surface area contributed by atoms with Crippen LogP contribution in [-0.2, 0) is 10.2 Å². The highest BCUT2D eigenvalue weighted by Crippen LogP contribution is 2.52. The monoisotopic (exact) mass is 241 g/mol. The molecule has 1 saturated carbocycles. The maximum absolute atomic E-state index is 12.9. The van der Waals surface area contributed by atoms with E-state index in [0.29, 0.717) is 11.9 Å². The Morgan fingerprint density at radius 2 is 1.89 bits per heavy atom. The SMILES string of the molecule is O=C1N2CCCC2c2ccccc2C12CCCC2. The van der Waals surface area contributed by atoms with Crippen molar-refractivity contribution < 1.29 is 4.79 Å². The first-order valence-electron chi connectivity index (χ1n) is 7.23. The molecule has 0 radical (unpaired) electrons. The molecule has 2 heteroatoms. The van der Waals surface area contributed by atoms with E-state index in [1.54, 1.807) is 0 Å². The van der Waals surface area contributed by atoms with Crippen molar-refractivity contribution in [1.29, 1.82) is 0 Å². The lowest BCUT2D eigenvalue weighted by atomic mass is 9.71. The van der Waals surface area contributed by atoms with Crippen molar-refractivity contribution >= 4 is 5.91 Å². The lowest BCUT2D eigenvalue weighted by molar-refractivity contribution is -0.139. The van der Waals surface area contributed by atoms with Crippen molar-refractivity contribution in [2.24, 2.45) is 0 Å². The number of rotatable bonds is 0. The van der Waals surface area contributed by atoms with Crippen LogP contribution in [0, 0.1) is 0 Å². The minimum absolute atomic E-state index is 0.155. The van der Waals surface area contributed by atoms with Gasteiger partial charge >= 0.3 is 0 Å². The predicted molar refractivity (Wildman–Crippen MR) is 70.3 cm³/mol. The molecule has 1 saturated heterocycles. The Morgan fingerprint density at radius 3 is 2.72 bits per heavy atom. The van der Waals surface area contributed by atoms with Crippen molar-refractivity contribution in [3.63, 3.8) is 0 Å². The van der Waals surface area contributed by atoms with Crippen LogP contribution in [0.3, 0.4) is 0 Å². The molecule has 0 aromatic heterocycles. The normalized spacial score (nSPS) is 28.6. The molecule has 1 atom stereocenters. The second kappa shape index (κ2) is 3.59. The second-order valence-electron chi connectivity index (χ2n) is 6.03. The maximum atomic E-state index is 12.9. The van der Waals surface area contributed by atoms with E-state index in [9.17, 15) is 4.79 Å². The topological polar surface area (TPSA) is 20.3 Å². The summed E-state index contributed by atoms with van der Waals surface area (Å²) in [5.41, 5.74) is 2.64. The highest BCUT2D eigenvalue weighted by atomic mass is 16.2.